The molecule has 158 valence electrons. The molecular formula is C24H23N3O2S2. The number of benzene rings is 1. The summed E-state index contributed by atoms with van der Waals surface area (Å²) < 4.78 is 5.43. The molecule has 5 nitrogen and oxygen atoms in total. The van der Waals surface area contributed by atoms with Gasteiger partial charge in [-0.05, 0) is 41.6 Å². The number of aromatic nitrogens is 2. The SMILES string of the molecule is Cc1ccccc1CN(Cc1ccccn1)C(=O)CSCc1cc(-c2cccs2)on1. The van der Waals surface area contributed by atoms with Crippen molar-refractivity contribution in [3.63, 3.8) is 0 Å². The van der Waals surface area contributed by atoms with Gasteiger partial charge in [0.25, 0.3) is 0 Å². The molecule has 0 N–H and O–H groups in total. The van der Waals surface area contributed by atoms with Crippen molar-refractivity contribution in [3.8, 4) is 10.6 Å². The maximum atomic E-state index is 13.1. The standard InChI is InChI=1S/C24H23N3O2S2/c1-18-7-2-3-8-19(18)14-27(15-20-9-4-5-11-25-20)24(28)17-30-16-21-13-22(29-26-21)23-10-6-12-31-23/h2-13H,14-17H2,1H3. The van der Waals surface area contributed by atoms with Crippen LogP contribution in [0.1, 0.15) is 22.5 Å². The van der Waals surface area contributed by atoms with Crippen LogP contribution in [0.5, 0.6) is 0 Å². The van der Waals surface area contributed by atoms with E-state index in [9.17, 15) is 4.79 Å². The van der Waals surface area contributed by atoms with Gasteiger partial charge in [0.2, 0.25) is 5.91 Å². The number of pyridine rings is 1. The predicted molar refractivity (Wildman–Crippen MR) is 126 cm³/mol. The van der Waals surface area contributed by atoms with Crippen LogP contribution < -0.4 is 0 Å². The third-order valence-electron chi connectivity index (χ3n) is 4.85. The van der Waals surface area contributed by atoms with Crippen molar-refractivity contribution >= 4 is 29.0 Å². The lowest BCUT2D eigenvalue weighted by Gasteiger charge is -2.23. The highest BCUT2D eigenvalue weighted by Crippen LogP contribution is 2.26. The predicted octanol–water partition coefficient (Wildman–Crippen LogP) is 5.57. The van der Waals surface area contributed by atoms with E-state index in [0.29, 0.717) is 24.6 Å². The van der Waals surface area contributed by atoms with E-state index >= 15 is 0 Å². The Hall–Kier alpha value is -2.90. The van der Waals surface area contributed by atoms with Gasteiger partial charge < -0.3 is 9.42 Å². The first-order valence-electron chi connectivity index (χ1n) is 9.98. The molecule has 7 heteroatoms. The molecule has 0 aliphatic carbocycles. The van der Waals surface area contributed by atoms with Crippen molar-refractivity contribution in [3.05, 3.63) is 94.8 Å². The number of hydrogen-bond acceptors (Lipinski definition) is 6. The van der Waals surface area contributed by atoms with Crippen LogP contribution in [-0.4, -0.2) is 26.7 Å². The lowest BCUT2D eigenvalue weighted by molar-refractivity contribution is -0.129. The van der Waals surface area contributed by atoms with Gasteiger partial charge >= 0.3 is 0 Å². The number of amides is 1. The summed E-state index contributed by atoms with van der Waals surface area (Å²) in [6, 6.07) is 19.9. The smallest absolute Gasteiger partial charge is 0.233 e. The maximum absolute atomic E-state index is 13.1. The fraction of sp³-hybridized carbons (Fsp3) is 0.208. The number of nitrogens with zero attached hydrogens (tertiary/aromatic N) is 3. The second-order valence-electron chi connectivity index (χ2n) is 7.15. The summed E-state index contributed by atoms with van der Waals surface area (Å²) in [5, 5.41) is 6.15. The largest absolute Gasteiger partial charge is 0.355 e. The normalized spacial score (nSPS) is 10.9. The van der Waals surface area contributed by atoms with Gasteiger partial charge in [-0.15, -0.1) is 23.1 Å². The lowest BCUT2D eigenvalue weighted by Crippen LogP contribution is -2.32. The van der Waals surface area contributed by atoms with Gasteiger partial charge in [0, 0.05) is 24.6 Å². The number of aryl methyl sites for hydroxylation is 1. The minimum atomic E-state index is 0.0841. The zero-order valence-electron chi connectivity index (χ0n) is 17.2. The third kappa shape index (κ3) is 5.83. The van der Waals surface area contributed by atoms with E-state index in [1.165, 1.54) is 5.56 Å². The number of thioether (sulfide) groups is 1. The summed E-state index contributed by atoms with van der Waals surface area (Å²) in [4.78, 5) is 20.4. The highest BCUT2D eigenvalue weighted by atomic mass is 32.2. The van der Waals surface area contributed by atoms with Crippen LogP contribution in [0, 0.1) is 6.92 Å². The Labute approximate surface area is 190 Å². The summed E-state index contributed by atoms with van der Waals surface area (Å²) in [5.74, 6) is 1.86. The molecule has 4 aromatic rings. The average molecular weight is 450 g/mol. The Kier molecular flexibility index (Phi) is 7.17. The van der Waals surface area contributed by atoms with E-state index in [2.05, 4.69) is 29.2 Å². The molecule has 0 atom stereocenters. The fourth-order valence-electron chi connectivity index (χ4n) is 3.16. The molecule has 0 aliphatic heterocycles. The van der Waals surface area contributed by atoms with Crippen LogP contribution in [0.3, 0.4) is 0 Å². The number of rotatable bonds is 9. The van der Waals surface area contributed by atoms with Crippen LogP contribution in [0.2, 0.25) is 0 Å². The first-order chi connectivity index (χ1) is 15.2. The van der Waals surface area contributed by atoms with Crippen molar-refractivity contribution < 1.29 is 9.32 Å². The van der Waals surface area contributed by atoms with Gasteiger partial charge in [0.1, 0.15) is 0 Å². The molecule has 4 rings (SSSR count). The van der Waals surface area contributed by atoms with Gasteiger partial charge in [-0.2, -0.15) is 0 Å². The monoisotopic (exact) mass is 449 g/mol. The third-order valence-corrected chi connectivity index (χ3v) is 6.69. The average Bonchev–Trinajstić information content (AvgIpc) is 3.47. The van der Waals surface area contributed by atoms with Crippen LogP contribution >= 0.6 is 23.1 Å². The van der Waals surface area contributed by atoms with Crippen LogP contribution in [0.25, 0.3) is 10.6 Å². The Morgan fingerprint density at radius 1 is 1.06 bits per heavy atom. The van der Waals surface area contributed by atoms with Crippen molar-refractivity contribution in [2.24, 2.45) is 0 Å². The Bertz CT molecular complexity index is 1110. The molecule has 3 heterocycles. The summed E-state index contributed by atoms with van der Waals surface area (Å²) in [6.07, 6.45) is 1.76. The van der Waals surface area contributed by atoms with E-state index in [-0.39, 0.29) is 5.91 Å². The first kappa shape index (κ1) is 21.3. The van der Waals surface area contributed by atoms with E-state index in [1.807, 2.05) is 58.8 Å². The Balaban J connectivity index is 1.38. The minimum absolute atomic E-state index is 0.0841. The van der Waals surface area contributed by atoms with Crippen LogP contribution in [0.4, 0.5) is 0 Å². The quantitative estimate of drug-likeness (QED) is 0.334. The number of thiophene rings is 1. The zero-order valence-corrected chi connectivity index (χ0v) is 18.9. The number of carbonyl (C=O) groups excluding carboxylic acids is 1. The molecule has 0 bridgehead atoms. The topological polar surface area (TPSA) is 59.2 Å². The van der Waals surface area contributed by atoms with Gasteiger partial charge in [-0.25, -0.2) is 0 Å². The molecular weight excluding hydrogens is 426 g/mol. The van der Waals surface area contributed by atoms with E-state index in [1.54, 1.807) is 29.3 Å². The molecule has 0 radical (unpaired) electrons. The molecule has 1 amide bonds. The van der Waals surface area contributed by atoms with Crippen molar-refractivity contribution in [2.75, 3.05) is 5.75 Å². The Morgan fingerprint density at radius 3 is 2.71 bits per heavy atom. The van der Waals surface area contributed by atoms with Crippen molar-refractivity contribution in [2.45, 2.75) is 25.8 Å². The molecule has 0 saturated heterocycles. The van der Waals surface area contributed by atoms with E-state index in [4.69, 9.17) is 4.52 Å². The minimum Gasteiger partial charge on any atom is -0.355 e. The van der Waals surface area contributed by atoms with Crippen LogP contribution in [0.15, 0.2) is 76.8 Å². The lowest BCUT2D eigenvalue weighted by atomic mass is 10.1. The Morgan fingerprint density at radius 2 is 1.94 bits per heavy atom. The summed E-state index contributed by atoms with van der Waals surface area (Å²) in [6.45, 7) is 3.12. The first-order valence-corrected chi connectivity index (χ1v) is 12.0. The fourth-order valence-corrected chi connectivity index (χ4v) is 4.64. The summed E-state index contributed by atoms with van der Waals surface area (Å²) >= 11 is 3.17. The number of carbonyl (C=O) groups is 1. The second-order valence-corrected chi connectivity index (χ2v) is 9.08. The summed E-state index contributed by atoms with van der Waals surface area (Å²) in [5.41, 5.74) is 4.05. The molecule has 31 heavy (non-hydrogen) atoms. The highest BCUT2D eigenvalue weighted by Gasteiger charge is 2.17. The second kappa shape index (κ2) is 10.4. The van der Waals surface area contributed by atoms with Crippen molar-refractivity contribution in [1.82, 2.24) is 15.0 Å². The van der Waals surface area contributed by atoms with Crippen LogP contribution in [-0.2, 0) is 23.6 Å². The highest BCUT2D eigenvalue weighted by molar-refractivity contribution is 7.99. The van der Waals surface area contributed by atoms with Gasteiger partial charge in [-0.3, -0.25) is 9.78 Å². The molecule has 0 unspecified atom stereocenters. The number of hydrogen-bond donors (Lipinski definition) is 0. The molecule has 0 fully saturated rings. The summed E-state index contributed by atoms with van der Waals surface area (Å²) in [7, 11) is 0. The van der Waals surface area contributed by atoms with Crippen molar-refractivity contribution in [1.29, 1.82) is 0 Å². The maximum Gasteiger partial charge on any atom is 0.233 e. The zero-order chi connectivity index (χ0) is 21.5. The molecule has 0 spiro atoms. The molecule has 0 aliphatic rings. The van der Waals surface area contributed by atoms with E-state index in [0.717, 1.165) is 27.6 Å². The van der Waals surface area contributed by atoms with Gasteiger partial charge in [0.05, 0.1) is 28.6 Å². The van der Waals surface area contributed by atoms with Gasteiger partial charge in [0.15, 0.2) is 5.76 Å². The van der Waals surface area contributed by atoms with Gasteiger partial charge in [-0.1, -0.05) is 41.6 Å². The molecule has 1 aromatic carbocycles. The molecule has 3 aromatic heterocycles. The van der Waals surface area contributed by atoms with E-state index < -0.39 is 0 Å². The molecule has 0 saturated carbocycles.